The van der Waals surface area contributed by atoms with Crippen LogP contribution in [-0.4, -0.2) is 68.2 Å². The number of nitrogens with one attached hydrogen (secondary N) is 3. The van der Waals surface area contributed by atoms with Gasteiger partial charge in [0, 0.05) is 37.6 Å². The lowest BCUT2D eigenvalue weighted by Crippen LogP contribution is -2.45. The van der Waals surface area contributed by atoms with Gasteiger partial charge in [-0.3, -0.25) is 0 Å². The first-order valence-corrected chi connectivity index (χ1v) is 11.3. The number of carbonyl (C=O) groups excluding carboxylic acids is 2. The number of nitrogens with zero attached hydrogens (tertiary/aromatic N) is 2. The molecule has 2 aromatic rings. The molecule has 192 valence electrons. The minimum atomic E-state index is -4.45. The number of hydrogen-bond donors (Lipinski definition) is 3. The molecule has 0 aliphatic heterocycles. The minimum absolute atomic E-state index is 0.181. The highest BCUT2D eigenvalue weighted by Gasteiger charge is 2.30. The van der Waals surface area contributed by atoms with Gasteiger partial charge in [0.15, 0.2) is 0 Å². The van der Waals surface area contributed by atoms with Gasteiger partial charge in [0.2, 0.25) is 0 Å². The molecule has 11 heteroatoms. The molecule has 2 rings (SSSR count). The molecule has 0 unspecified atom stereocenters. The number of ether oxygens (including phenoxy) is 1. The quantitative estimate of drug-likeness (QED) is 0.422. The Morgan fingerprint density at radius 2 is 1.43 bits per heavy atom. The summed E-state index contributed by atoms with van der Waals surface area (Å²) in [4.78, 5) is 28.7. The van der Waals surface area contributed by atoms with Crippen molar-refractivity contribution in [3.8, 4) is 5.75 Å². The van der Waals surface area contributed by atoms with Crippen LogP contribution < -0.4 is 20.7 Å². The second-order valence-electron chi connectivity index (χ2n) is 7.63. The maximum absolute atomic E-state index is 12.8. The number of rotatable bonds is 11. The van der Waals surface area contributed by atoms with E-state index in [2.05, 4.69) is 20.9 Å². The van der Waals surface area contributed by atoms with Crippen LogP contribution in [0.1, 0.15) is 19.4 Å². The predicted octanol–water partition coefficient (Wildman–Crippen LogP) is 4.71. The molecule has 0 heterocycles. The van der Waals surface area contributed by atoms with Gasteiger partial charge < -0.3 is 30.5 Å². The zero-order chi connectivity index (χ0) is 25.8. The van der Waals surface area contributed by atoms with Gasteiger partial charge in [-0.15, -0.1) is 0 Å². The Labute approximate surface area is 203 Å². The first-order chi connectivity index (χ1) is 16.7. The Bertz CT molecular complexity index is 933. The molecule has 3 N–H and O–H groups in total. The van der Waals surface area contributed by atoms with E-state index in [1.165, 1.54) is 17.0 Å². The number of benzene rings is 2. The van der Waals surface area contributed by atoms with Crippen LogP contribution in [0.3, 0.4) is 0 Å². The molecule has 35 heavy (non-hydrogen) atoms. The first kappa shape index (κ1) is 27.8. The summed E-state index contributed by atoms with van der Waals surface area (Å²) in [5.74, 6) is 0.666. The summed E-state index contributed by atoms with van der Waals surface area (Å²) in [6.07, 6.45) is -4.45. The van der Waals surface area contributed by atoms with E-state index in [0.29, 0.717) is 24.5 Å². The van der Waals surface area contributed by atoms with Crippen LogP contribution in [0.4, 0.5) is 34.1 Å². The average Bonchev–Trinajstić information content (AvgIpc) is 2.83. The van der Waals surface area contributed by atoms with Crippen LogP contribution >= 0.6 is 0 Å². The summed E-state index contributed by atoms with van der Waals surface area (Å²) < 4.78 is 43.4. The van der Waals surface area contributed by atoms with E-state index in [-0.39, 0.29) is 18.8 Å². The van der Waals surface area contributed by atoms with Gasteiger partial charge in [-0.2, -0.15) is 13.2 Å². The van der Waals surface area contributed by atoms with Crippen molar-refractivity contribution in [2.24, 2.45) is 0 Å². The predicted molar refractivity (Wildman–Crippen MR) is 130 cm³/mol. The number of anilines is 2. The summed E-state index contributed by atoms with van der Waals surface area (Å²) in [5.41, 5.74) is 0.0451. The number of likely N-dealkylation sites (N-methyl/N-ethyl adjacent to an activating group) is 1. The topological polar surface area (TPSA) is 85.9 Å². The second-order valence-corrected chi connectivity index (χ2v) is 7.63. The smallest absolute Gasteiger partial charge is 0.416 e. The van der Waals surface area contributed by atoms with Crippen LogP contribution in [0, 0.1) is 0 Å². The monoisotopic (exact) mass is 495 g/mol. The normalized spacial score (nSPS) is 11.2. The summed E-state index contributed by atoms with van der Waals surface area (Å²) in [6.45, 7) is 7.05. The van der Waals surface area contributed by atoms with Crippen LogP contribution in [0.5, 0.6) is 5.75 Å². The molecule has 0 radical (unpaired) electrons. The molecule has 0 aliphatic rings. The van der Waals surface area contributed by atoms with Crippen molar-refractivity contribution in [3.63, 3.8) is 0 Å². The number of halogens is 3. The number of alkyl halides is 3. The third-order valence-electron chi connectivity index (χ3n) is 5.35. The lowest BCUT2D eigenvalue weighted by Gasteiger charge is -2.27. The Balaban J connectivity index is 1.95. The van der Waals surface area contributed by atoms with Gasteiger partial charge in [0.1, 0.15) is 5.75 Å². The minimum Gasteiger partial charge on any atom is -0.497 e. The van der Waals surface area contributed by atoms with Crippen LogP contribution in [0.15, 0.2) is 48.5 Å². The Hall–Kier alpha value is -3.47. The number of hydrogen-bond acceptors (Lipinski definition) is 4. The number of urea groups is 2. The number of amides is 4. The summed E-state index contributed by atoms with van der Waals surface area (Å²) in [5, 5.41) is 8.03. The summed E-state index contributed by atoms with van der Waals surface area (Å²) in [7, 11) is 1.55. The molecule has 0 atom stereocenters. The summed E-state index contributed by atoms with van der Waals surface area (Å²) >= 11 is 0. The van der Waals surface area contributed by atoms with Crippen molar-refractivity contribution in [2.75, 3.05) is 57.0 Å². The largest absolute Gasteiger partial charge is 0.497 e. The summed E-state index contributed by atoms with van der Waals surface area (Å²) in [6, 6.07) is 10.2. The van der Waals surface area contributed by atoms with Crippen molar-refractivity contribution in [1.82, 2.24) is 15.1 Å². The molecule has 4 amide bonds. The Kier molecular flexibility index (Phi) is 10.7. The van der Waals surface area contributed by atoms with Crippen LogP contribution in [0.25, 0.3) is 0 Å². The van der Waals surface area contributed by atoms with Gasteiger partial charge in [0.25, 0.3) is 0 Å². The van der Waals surface area contributed by atoms with Gasteiger partial charge in [0.05, 0.1) is 12.7 Å². The maximum Gasteiger partial charge on any atom is 0.416 e. The lowest BCUT2D eigenvalue weighted by atomic mass is 10.2. The zero-order valence-electron chi connectivity index (χ0n) is 20.1. The number of methoxy groups -OCH3 is 1. The van der Waals surface area contributed by atoms with E-state index in [9.17, 15) is 22.8 Å². The molecule has 0 spiro atoms. The molecule has 0 saturated heterocycles. The van der Waals surface area contributed by atoms with Gasteiger partial charge in [-0.25, -0.2) is 9.59 Å². The fraction of sp³-hybridized carbons (Fsp3) is 0.417. The van der Waals surface area contributed by atoms with Crippen LogP contribution in [0.2, 0.25) is 0 Å². The molecular formula is C24H32F3N5O3. The zero-order valence-corrected chi connectivity index (χ0v) is 20.1. The second kappa shape index (κ2) is 13.4. The standard InChI is InChI=1S/C24H32F3N5O3/c1-4-31(5-2)16-17-32(23(34)30-20-8-6-18(7-9-20)24(25,26)27)15-14-28-22(33)29-19-10-12-21(35-3)13-11-19/h6-13H,4-5,14-17H2,1-3H3,(H,30,34)(H2,28,29,33). The Morgan fingerprint density at radius 1 is 0.857 bits per heavy atom. The molecule has 2 aromatic carbocycles. The highest BCUT2D eigenvalue weighted by atomic mass is 19.4. The highest BCUT2D eigenvalue weighted by molar-refractivity contribution is 5.90. The highest BCUT2D eigenvalue weighted by Crippen LogP contribution is 2.29. The molecule has 0 bridgehead atoms. The van der Waals surface area contributed by atoms with Crippen molar-refractivity contribution < 1.29 is 27.5 Å². The number of carbonyl (C=O) groups is 2. The average molecular weight is 496 g/mol. The van der Waals surface area contributed by atoms with Gasteiger partial charge >= 0.3 is 18.2 Å². The molecule has 0 saturated carbocycles. The fourth-order valence-electron chi connectivity index (χ4n) is 3.22. The lowest BCUT2D eigenvalue weighted by molar-refractivity contribution is -0.137. The third-order valence-corrected chi connectivity index (χ3v) is 5.35. The van der Waals surface area contributed by atoms with Gasteiger partial charge in [-0.1, -0.05) is 13.8 Å². The van der Waals surface area contributed by atoms with Crippen LogP contribution in [-0.2, 0) is 6.18 Å². The molecule has 8 nitrogen and oxygen atoms in total. The van der Waals surface area contributed by atoms with E-state index in [0.717, 1.165) is 25.2 Å². The van der Waals surface area contributed by atoms with Crippen molar-refractivity contribution in [1.29, 1.82) is 0 Å². The van der Waals surface area contributed by atoms with Crippen molar-refractivity contribution >= 4 is 23.4 Å². The molecule has 0 fully saturated rings. The van der Waals surface area contributed by atoms with Crippen molar-refractivity contribution in [3.05, 3.63) is 54.1 Å². The SMILES string of the molecule is CCN(CC)CCN(CCNC(=O)Nc1ccc(OC)cc1)C(=O)Nc1ccc(C(F)(F)F)cc1. The Morgan fingerprint density at radius 3 is 1.97 bits per heavy atom. The molecular weight excluding hydrogens is 463 g/mol. The van der Waals surface area contributed by atoms with E-state index in [4.69, 9.17) is 4.74 Å². The molecule has 0 aliphatic carbocycles. The van der Waals surface area contributed by atoms with E-state index >= 15 is 0 Å². The maximum atomic E-state index is 12.8. The van der Waals surface area contributed by atoms with E-state index in [1.807, 2.05) is 13.8 Å². The van der Waals surface area contributed by atoms with Crippen molar-refractivity contribution in [2.45, 2.75) is 20.0 Å². The van der Waals surface area contributed by atoms with E-state index in [1.54, 1.807) is 31.4 Å². The van der Waals surface area contributed by atoms with Gasteiger partial charge in [-0.05, 0) is 61.6 Å². The third kappa shape index (κ3) is 9.36. The fourth-order valence-corrected chi connectivity index (χ4v) is 3.22. The first-order valence-electron chi connectivity index (χ1n) is 11.3. The van der Waals surface area contributed by atoms with E-state index < -0.39 is 23.8 Å². The molecule has 0 aromatic heterocycles.